The van der Waals surface area contributed by atoms with E-state index in [0.29, 0.717) is 5.92 Å². The average Bonchev–Trinajstić information content (AvgIpc) is 2.70. The number of halogens is 1. The zero-order chi connectivity index (χ0) is 21.4. The van der Waals surface area contributed by atoms with Gasteiger partial charge >= 0.3 is 12.1 Å². The van der Waals surface area contributed by atoms with Gasteiger partial charge in [0.25, 0.3) is 0 Å². The number of hydrogen-bond acceptors (Lipinski definition) is 5. The number of aliphatic imine (C=N–C) groups is 1. The van der Waals surface area contributed by atoms with E-state index >= 15 is 0 Å². The molecule has 0 aliphatic carbocycles. The van der Waals surface area contributed by atoms with Crippen molar-refractivity contribution in [3.05, 3.63) is 0 Å². The molecule has 0 radical (unpaired) electrons. The SMILES string of the molecule is CN=C(NCCC1CCCN(C(=O)OC(C)(C)C)C1)N1CCC(C(=O)OC)CC1.I. The second-order valence-electron chi connectivity index (χ2n) is 8.98. The minimum atomic E-state index is -0.459. The fourth-order valence-corrected chi connectivity index (χ4v) is 4.01. The van der Waals surface area contributed by atoms with Gasteiger partial charge in [0.2, 0.25) is 0 Å². The van der Waals surface area contributed by atoms with Gasteiger partial charge in [-0.3, -0.25) is 9.79 Å². The molecule has 2 heterocycles. The maximum absolute atomic E-state index is 12.3. The van der Waals surface area contributed by atoms with E-state index in [1.165, 1.54) is 7.11 Å². The third kappa shape index (κ3) is 8.47. The molecule has 2 aliphatic heterocycles. The number of hydrogen-bond donors (Lipinski definition) is 1. The fraction of sp³-hybridized carbons (Fsp3) is 0.857. The van der Waals surface area contributed by atoms with Crippen LogP contribution >= 0.6 is 24.0 Å². The molecule has 1 atom stereocenters. The molecule has 0 saturated carbocycles. The van der Waals surface area contributed by atoms with Crippen LogP contribution in [0.5, 0.6) is 0 Å². The van der Waals surface area contributed by atoms with E-state index in [2.05, 4.69) is 15.2 Å². The van der Waals surface area contributed by atoms with Gasteiger partial charge < -0.3 is 24.6 Å². The number of amides is 1. The van der Waals surface area contributed by atoms with Crippen LogP contribution in [0, 0.1) is 11.8 Å². The van der Waals surface area contributed by atoms with Gasteiger partial charge in [0.1, 0.15) is 5.60 Å². The first kappa shape index (κ1) is 26.8. The van der Waals surface area contributed by atoms with Gasteiger partial charge in [-0.2, -0.15) is 0 Å². The van der Waals surface area contributed by atoms with Gasteiger partial charge in [0.15, 0.2) is 5.96 Å². The van der Waals surface area contributed by atoms with Crippen LogP contribution in [0.2, 0.25) is 0 Å². The normalized spacial score (nSPS) is 21.0. The molecule has 0 aromatic heterocycles. The highest BCUT2D eigenvalue weighted by atomic mass is 127. The lowest BCUT2D eigenvalue weighted by molar-refractivity contribution is -0.146. The van der Waals surface area contributed by atoms with E-state index < -0.39 is 5.60 Å². The molecular weight excluding hydrogens is 499 g/mol. The predicted molar refractivity (Wildman–Crippen MR) is 128 cm³/mol. The largest absolute Gasteiger partial charge is 0.469 e. The van der Waals surface area contributed by atoms with E-state index in [1.807, 2.05) is 25.7 Å². The molecule has 1 unspecified atom stereocenters. The minimum Gasteiger partial charge on any atom is -0.469 e. The Bertz CT molecular complexity index is 586. The molecule has 0 spiro atoms. The standard InChI is InChI=1S/C21H38N4O4.HI/c1-21(2,3)29-20(27)25-12-6-7-16(15-25)8-11-23-19(22-4)24-13-9-17(10-14-24)18(26)28-5;/h16-17H,6-15H2,1-5H3,(H,22,23);1H. The summed E-state index contributed by atoms with van der Waals surface area (Å²) in [6.45, 7) is 9.64. The Labute approximate surface area is 198 Å². The van der Waals surface area contributed by atoms with Crippen molar-refractivity contribution in [2.24, 2.45) is 16.8 Å². The summed E-state index contributed by atoms with van der Waals surface area (Å²) in [5.74, 6) is 1.23. The van der Waals surface area contributed by atoms with Crippen molar-refractivity contribution >= 4 is 42.0 Å². The summed E-state index contributed by atoms with van der Waals surface area (Å²) in [6.07, 6.45) is 4.50. The molecule has 1 amide bonds. The Morgan fingerprint density at radius 1 is 1.10 bits per heavy atom. The molecule has 0 bridgehead atoms. The third-order valence-electron chi connectivity index (χ3n) is 5.55. The summed E-state index contributed by atoms with van der Waals surface area (Å²) >= 11 is 0. The Kier molecular flexibility index (Phi) is 11.2. The number of carbonyl (C=O) groups is 2. The number of ether oxygens (including phenoxy) is 2. The Morgan fingerprint density at radius 2 is 1.77 bits per heavy atom. The monoisotopic (exact) mass is 538 g/mol. The molecule has 2 saturated heterocycles. The molecule has 0 aromatic carbocycles. The number of nitrogens with one attached hydrogen (secondary N) is 1. The molecule has 9 heteroatoms. The van der Waals surface area contributed by atoms with Crippen LogP contribution < -0.4 is 5.32 Å². The summed E-state index contributed by atoms with van der Waals surface area (Å²) in [5, 5.41) is 3.45. The van der Waals surface area contributed by atoms with Crippen LogP contribution in [0.15, 0.2) is 4.99 Å². The highest BCUT2D eigenvalue weighted by Gasteiger charge is 2.29. The van der Waals surface area contributed by atoms with Crippen LogP contribution in [0.4, 0.5) is 4.79 Å². The smallest absolute Gasteiger partial charge is 0.410 e. The first-order valence-corrected chi connectivity index (χ1v) is 10.7. The predicted octanol–water partition coefficient (Wildman–Crippen LogP) is 3.10. The first-order valence-electron chi connectivity index (χ1n) is 10.7. The molecule has 30 heavy (non-hydrogen) atoms. The molecular formula is C21H39IN4O4. The second kappa shape index (κ2) is 12.6. The summed E-state index contributed by atoms with van der Waals surface area (Å²) in [4.78, 5) is 32.4. The van der Waals surface area contributed by atoms with E-state index in [1.54, 1.807) is 7.05 Å². The van der Waals surface area contributed by atoms with Crippen LogP contribution in [-0.4, -0.2) is 80.3 Å². The van der Waals surface area contributed by atoms with Gasteiger partial charge in [-0.25, -0.2) is 4.79 Å². The molecule has 2 rings (SSSR count). The lowest BCUT2D eigenvalue weighted by Crippen LogP contribution is -2.47. The van der Waals surface area contributed by atoms with Crippen molar-refractivity contribution < 1.29 is 19.1 Å². The Morgan fingerprint density at radius 3 is 2.33 bits per heavy atom. The van der Waals surface area contributed by atoms with Gasteiger partial charge in [-0.1, -0.05) is 0 Å². The van der Waals surface area contributed by atoms with Crippen molar-refractivity contribution in [1.82, 2.24) is 15.1 Å². The molecule has 8 nitrogen and oxygen atoms in total. The van der Waals surface area contributed by atoms with E-state index in [-0.39, 0.29) is 42.0 Å². The quantitative estimate of drug-likeness (QED) is 0.257. The highest BCUT2D eigenvalue weighted by molar-refractivity contribution is 14.0. The van der Waals surface area contributed by atoms with Gasteiger partial charge in [-0.05, 0) is 58.8 Å². The Hall–Kier alpha value is -1.26. The molecule has 2 fully saturated rings. The fourth-order valence-electron chi connectivity index (χ4n) is 4.01. The second-order valence-corrected chi connectivity index (χ2v) is 8.98. The summed E-state index contributed by atoms with van der Waals surface area (Å²) in [7, 11) is 3.24. The van der Waals surface area contributed by atoms with Crippen LogP contribution in [0.25, 0.3) is 0 Å². The number of carbonyl (C=O) groups excluding carboxylic acids is 2. The molecule has 2 aliphatic rings. The molecule has 0 aromatic rings. The van der Waals surface area contributed by atoms with Crippen molar-refractivity contribution in [3.63, 3.8) is 0 Å². The number of likely N-dealkylation sites (tertiary alicyclic amines) is 2. The van der Waals surface area contributed by atoms with Crippen molar-refractivity contribution in [2.45, 2.75) is 58.5 Å². The van der Waals surface area contributed by atoms with E-state index in [9.17, 15) is 9.59 Å². The molecule has 174 valence electrons. The minimum absolute atomic E-state index is 0. The van der Waals surface area contributed by atoms with Gasteiger partial charge in [-0.15, -0.1) is 24.0 Å². The number of piperidine rings is 2. The summed E-state index contributed by atoms with van der Waals surface area (Å²) < 4.78 is 10.4. The van der Waals surface area contributed by atoms with Crippen molar-refractivity contribution in [3.8, 4) is 0 Å². The maximum atomic E-state index is 12.3. The Balaban J connectivity index is 0.00000450. The lowest BCUT2D eigenvalue weighted by Gasteiger charge is -2.35. The van der Waals surface area contributed by atoms with Gasteiger partial charge in [0.05, 0.1) is 13.0 Å². The lowest BCUT2D eigenvalue weighted by atomic mass is 9.95. The highest BCUT2D eigenvalue weighted by Crippen LogP contribution is 2.22. The average molecular weight is 538 g/mol. The number of guanidine groups is 1. The number of esters is 1. The molecule has 1 N–H and O–H groups in total. The zero-order valence-corrected chi connectivity index (χ0v) is 21.4. The van der Waals surface area contributed by atoms with Crippen molar-refractivity contribution in [2.75, 3.05) is 46.9 Å². The summed E-state index contributed by atoms with van der Waals surface area (Å²) in [6, 6.07) is 0. The first-order chi connectivity index (χ1) is 13.7. The van der Waals surface area contributed by atoms with Crippen LogP contribution in [0.3, 0.4) is 0 Å². The van der Waals surface area contributed by atoms with Crippen LogP contribution in [-0.2, 0) is 14.3 Å². The number of methoxy groups -OCH3 is 1. The zero-order valence-electron chi connectivity index (χ0n) is 19.1. The van der Waals surface area contributed by atoms with Crippen molar-refractivity contribution in [1.29, 1.82) is 0 Å². The van der Waals surface area contributed by atoms with E-state index in [4.69, 9.17) is 9.47 Å². The summed E-state index contributed by atoms with van der Waals surface area (Å²) in [5.41, 5.74) is -0.459. The third-order valence-corrected chi connectivity index (χ3v) is 5.55. The number of nitrogens with zero attached hydrogens (tertiary/aromatic N) is 3. The van der Waals surface area contributed by atoms with Gasteiger partial charge in [0, 0.05) is 39.8 Å². The topological polar surface area (TPSA) is 83.5 Å². The maximum Gasteiger partial charge on any atom is 0.410 e. The van der Waals surface area contributed by atoms with E-state index in [0.717, 1.165) is 70.8 Å². The van der Waals surface area contributed by atoms with Crippen LogP contribution in [0.1, 0.15) is 52.9 Å². The number of rotatable bonds is 4.